The Labute approximate surface area is 129 Å². The van der Waals surface area contributed by atoms with Crippen molar-refractivity contribution in [3.8, 4) is 5.75 Å². The first-order valence-electron chi connectivity index (χ1n) is 6.81. The van der Waals surface area contributed by atoms with Crippen LogP contribution in [0.2, 0.25) is 0 Å². The predicted octanol–water partition coefficient (Wildman–Crippen LogP) is -0.832. The zero-order valence-corrected chi connectivity index (χ0v) is 14.4. The van der Waals surface area contributed by atoms with Gasteiger partial charge in [0.25, 0.3) is 0 Å². The number of piperidine rings is 1. The lowest BCUT2D eigenvalue weighted by molar-refractivity contribution is 0.114. The van der Waals surface area contributed by atoms with E-state index in [4.69, 9.17) is 10.5 Å². The number of ether oxygens (including phenoxy) is 1. The third kappa shape index (κ3) is 4.29. The third-order valence-corrected chi connectivity index (χ3v) is 4.30. The molecule has 0 spiro atoms. The maximum Gasteiger partial charge on any atom is 0.222 e. The number of anilines is 1. The van der Waals surface area contributed by atoms with Crippen molar-refractivity contribution in [2.45, 2.75) is 18.9 Å². The molecule has 1 aliphatic rings. The molecule has 8 heteroatoms. The molecule has 116 valence electrons. The normalized spacial score (nSPS) is 16.9. The first-order valence-corrected chi connectivity index (χ1v) is 8.70. The van der Waals surface area contributed by atoms with Crippen molar-refractivity contribution in [3.05, 3.63) is 23.8 Å². The highest BCUT2D eigenvalue weighted by Crippen LogP contribution is 2.28. The van der Waals surface area contributed by atoms with Crippen LogP contribution in [0.15, 0.2) is 18.2 Å². The van der Waals surface area contributed by atoms with Gasteiger partial charge in [-0.15, -0.1) is 0 Å². The molecule has 1 fully saturated rings. The van der Waals surface area contributed by atoms with Crippen LogP contribution in [-0.2, 0) is 10.9 Å². The molecule has 0 radical (unpaired) electrons. The monoisotopic (exact) mass is 327 g/mol. The summed E-state index contributed by atoms with van der Waals surface area (Å²) in [5.74, 6) is 0.638. The molecule has 0 saturated carbocycles. The van der Waals surface area contributed by atoms with E-state index in [9.17, 15) is 8.42 Å². The Balaban J connectivity index is 2.24. The van der Waals surface area contributed by atoms with Crippen LogP contribution in [0.1, 0.15) is 18.4 Å². The number of nitrogens with two attached hydrogens (primary N) is 1. The molecule has 0 aromatic heterocycles. The number of hydrogen-bond acceptors (Lipinski definition) is 5. The standard InChI is InChI=1S/C13H21N3O3SSi/c1-16-7-5-9(6-8-16)19-11-4-2-3-10(15-20(17)18)12(11)13(14)21/h2-4,9,20H,5-8,14,21H2,1H3,(H,15,17,18). The topological polar surface area (TPSA) is 84.7 Å². The highest BCUT2D eigenvalue weighted by atomic mass is 32.2. The highest BCUT2D eigenvalue weighted by molar-refractivity contribution is 7.73. The van der Waals surface area contributed by atoms with Crippen LogP contribution in [0.25, 0.3) is 0 Å². The molecule has 21 heavy (non-hydrogen) atoms. The van der Waals surface area contributed by atoms with Gasteiger partial charge in [-0.2, -0.15) is 0 Å². The molecule has 1 aromatic carbocycles. The average Bonchev–Trinajstić information content (AvgIpc) is 2.40. The van der Waals surface area contributed by atoms with Gasteiger partial charge in [-0.05, 0) is 32.0 Å². The van der Waals surface area contributed by atoms with Gasteiger partial charge < -0.3 is 15.4 Å². The predicted molar refractivity (Wildman–Crippen MR) is 88.4 cm³/mol. The minimum absolute atomic E-state index is 0.138. The van der Waals surface area contributed by atoms with Gasteiger partial charge in [0, 0.05) is 28.2 Å². The van der Waals surface area contributed by atoms with Crippen molar-refractivity contribution in [3.63, 3.8) is 0 Å². The Hall–Kier alpha value is -1.38. The SMILES string of the molecule is CN1CCC(Oc2cccc(N[SH](=O)=O)c2C(N)=[SiH2])CC1. The minimum atomic E-state index is -2.73. The fourth-order valence-electron chi connectivity index (χ4n) is 2.43. The molecule has 1 aromatic rings. The third-order valence-electron chi connectivity index (χ3n) is 3.52. The molecular formula is C13H21N3O3SSi. The van der Waals surface area contributed by atoms with Gasteiger partial charge in [0.15, 0.2) is 0 Å². The Kier molecular flexibility index (Phi) is 5.37. The lowest BCUT2D eigenvalue weighted by atomic mass is 10.1. The summed E-state index contributed by atoms with van der Waals surface area (Å²) in [7, 11) is 0.876. The molecule has 0 bridgehead atoms. The van der Waals surface area contributed by atoms with Crippen LogP contribution < -0.4 is 15.2 Å². The summed E-state index contributed by atoms with van der Waals surface area (Å²) < 4.78 is 30.3. The molecule has 0 unspecified atom stereocenters. The summed E-state index contributed by atoms with van der Waals surface area (Å²) in [5.41, 5.74) is 7.02. The number of rotatable bonds is 5. The van der Waals surface area contributed by atoms with Gasteiger partial charge in [0.05, 0.1) is 11.3 Å². The molecule has 2 rings (SSSR count). The minimum Gasteiger partial charge on any atom is -0.490 e. The van der Waals surface area contributed by atoms with Crippen molar-refractivity contribution >= 4 is 31.7 Å². The maximum absolute atomic E-state index is 10.9. The van der Waals surface area contributed by atoms with Crippen molar-refractivity contribution in [1.29, 1.82) is 0 Å². The first kappa shape index (κ1) is 16.0. The quantitative estimate of drug-likeness (QED) is 0.485. The Morgan fingerprint density at radius 3 is 2.67 bits per heavy atom. The number of hydrogen-bond donors (Lipinski definition) is 3. The fourth-order valence-corrected chi connectivity index (χ4v) is 3.18. The lowest BCUT2D eigenvalue weighted by Gasteiger charge is -2.30. The second kappa shape index (κ2) is 7.06. The second-order valence-corrected chi connectivity index (χ2v) is 6.69. The molecule has 3 N–H and O–H groups in total. The molecule has 0 atom stereocenters. The molecule has 1 saturated heterocycles. The smallest absolute Gasteiger partial charge is 0.222 e. The van der Waals surface area contributed by atoms with Gasteiger partial charge in [0.1, 0.15) is 11.9 Å². The van der Waals surface area contributed by atoms with E-state index in [0.717, 1.165) is 25.9 Å². The largest absolute Gasteiger partial charge is 0.490 e. The number of likely N-dealkylation sites (tertiary alicyclic amines) is 1. The van der Waals surface area contributed by atoms with E-state index >= 15 is 0 Å². The van der Waals surface area contributed by atoms with Crippen LogP contribution in [0.5, 0.6) is 5.75 Å². The van der Waals surface area contributed by atoms with Crippen LogP contribution in [0.4, 0.5) is 5.69 Å². The molecule has 1 heterocycles. The summed E-state index contributed by atoms with van der Waals surface area (Å²) in [5, 5.41) is 0.554. The molecule has 1 aliphatic heterocycles. The van der Waals surface area contributed by atoms with Crippen molar-refractivity contribution < 1.29 is 13.2 Å². The number of thiol groups is 1. The van der Waals surface area contributed by atoms with Crippen LogP contribution in [0.3, 0.4) is 0 Å². The average molecular weight is 327 g/mol. The summed E-state index contributed by atoms with van der Waals surface area (Å²) >= 11 is 0. The number of nitrogens with zero attached hydrogens (tertiary/aromatic N) is 1. The van der Waals surface area contributed by atoms with Crippen molar-refractivity contribution in [2.24, 2.45) is 5.73 Å². The zero-order valence-electron chi connectivity index (χ0n) is 12.0. The molecular weight excluding hydrogens is 306 g/mol. The summed E-state index contributed by atoms with van der Waals surface area (Å²) in [6.07, 6.45) is 2.05. The van der Waals surface area contributed by atoms with E-state index in [1.54, 1.807) is 12.1 Å². The van der Waals surface area contributed by atoms with E-state index in [0.29, 0.717) is 22.3 Å². The molecule has 0 amide bonds. The maximum atomic E-state index is 10.9. The Bertz CT molecular complexity index is 590. The van der Waals surface area contributed by atoms with E-state index < -0.39 is 10.9 Å². The molecule has 6 nitrogen and oxygen atoms in total. The van der Waals surface area contributed by atoms with Gasteiger partial charge in [-0.25, -0.2) is 8.42 Å². The van der Waals surface area contributed by atoms with Gasteiger partial charge in [0.2, 0.25) is 10.9 Å². The second-order valence-electron chi connectivity index (χ2n) is 5.19. The fraction of sp³-hybridized carbons (Fsp3) is 0.462. The highest BCUT2D eigenvalue weighted by Gasteiger charge is 2.20. The number of benzene rings is 1. The van der Waals surface area contributed by atoms with Crippen LogP contribution >= 0.6 is 0 Å². The summed E-state index contributed by atoms with van der Waals surface area (Å²) in [6, 6.07) is 5.28. The summed E-state index contributed by atoms with van der Waals surface area (Å²) in [4.78, 5) is 2.27. The van der Waals surface area contributed by atoms with Crippen molar-refractivity contribution in [1.82, 2.24) is 4.90 Å². The van der Waals surface area contributed by atoms with Crippen LogP contribution in [-0.4, -0.2) is 54.7 Å². The Morgan fingerprint density at radius 1 is 1.43 bits per heavy atom. The van der Waals surface area contributed by atoms with Crippen molar-refractivity contribution in [2.75, 3.05) is 24.9 Å². The summed E-state index contributed by atoms with van der Waals surface area (Å²) in [6.45, 7) is 1.99. The van der Waals surface area contributed by atoms with E-state index in [2.05, 4.69) is 16.7 Å². The van der Waals surface area contributed by atoms with Gasteiger partial charge in [-0.1, -0.05) is 6.07 Å². The van der Waals surface area contributed by atoms with Gasteiger partial charge in [-0.3, -0.25) is 4.72 Å². The number of nitrogens with one attached hydrogen (secondary N) is 1. The zero-order chi connectivity index (χ0) is 15.4. The van der Waals surface area contributed by atoms with E-state index in [1.165, 1.54) is 9.85 Å². The first-order chi connectivity index (χ1) is 9.97. The molecule has 0 aliphatic carbocycles. The lowest BCUT2D eigenvalue weighted by Crippen LogP contribution is -2.36. The van der Waals surface area contributed by atoms with Crippen LogP contribution in [0, 0.1) is 0 Å². The Morgan fingerprint density at radius 2 is 2.10 bits per heavy atom. The van der Waals surface area contributed by atoms with Gasteiger partial charge >= 0.3 is 0 Å². The van der Waals surface area contributed by atoms with E-state index in [-0.39, 0.29) is 6.10 Å². The van der Waals surface area contributed by atoms with E-state index in [1.807, 2.05) is 6.07 Å².